The molecule has 1 heterocycles. The Kier molecular flexibility index (Phi) is 13.8. The Bertz CT molecular complexity index is 1380. The number of para-hydroxylation sites is 1. The van der Waals surface area contributed by atoms with Gasteiger partial charge in [0.15, 0.2) is 23.0 Å². The molecule has 0 radical (unpaired) electrons. The van der Waals surface area contributed by atoms with Crippen LogP contribution in [0.1, 0.15) is 49.7 Å². The van der Waals surface area contributed by atoms with Gasteiger partial charge in [-0.3, -0.25) is 14.4 Å². The van der Waals surface area contributed by atoms with Gasteiger partial charge in [-0.25, -0.2) is 9.37 Å². The van der Waals surface area contributed by atoms with E-state index >= 15 is 0 Å². The molecule has 0 aliphatic rings. The highest BCUT2D eigenvalue weighted by Gasteiger charge is 2.33. The fourth-order valence-electron chi connectivity index (χ4n) is 4.73. The summed E-state index contributed by atoms with van der Waals surface area (Å²) in [6, 6.07) is 16.9. The van der Waals surface area contributed by atoms with Crippen LogP contribution in [0.2, 0.25) is 0 Å². The first-order chi connectivity index (χ1) is 21.6. The number of benzene rings is 2. The Morgan fingerprint density at radius 2 is 1.67 bits per heavy atom. The second kappa shape index (κ2) is 17.7. The number of ketones is 1. The van der Waals surface area contributed by atoms with Crippen LogP contribution in [0.3, 0.4) is 0 Å². The minimum absolute atomic E-state index is 0.00158. The summed E-state index contributed by atoms with van der Waals surface area (Å²) in [6.45, 7) is 4.54. The number of pyridine rings is 1. The zero-order valence-electron chi connectivity index (χ0n) is 26.2. The average Bonchev–Trinajstić information content (AvgIpc) is 3.03. The summed E-state index contributed by atoms with van der Waals surface area (Å²) in [6.07, 6.45) is 0.926. The van der Waals surface area contributed by atoms with Gasteiger partial charge in [0, 0.05) is 45.2 Å². The van der Waals surface area contributed by atoms with Crippen molar-refractivity contribution in [1.82, 2.24) is 4.98 Å². The fraction of sp³-hybridized carbons (Fsp3) is 0.412. The monoisotopic (exact) mass is 625 g/mol. The lowest BCUT2D eigenvalue weighted by Gasteiger charge is -2.33. The third kappa shape index (κ3) is 10.9. The van der Waals surface area contributed by atoms with Crippen LogP contribution >= 0.6 is 0 Å². The molecule has 0 bridgehead atoms. The molecule has 1 aromatic heterocycles. The van der Waals surface area contributed by atoms with E-state index < -0.39 is 42.6 Å². The molecule has 0 unspecified atom stereocenters. The third-order valence-electron chi connectivity index (χ3n) is 7.06. The molecule has 10 nitrogen and oxygen atoms in total. The SMILES string of the molecule is COCC[C@H](Cc1ccc(F)cc1)[C@@H](Oc1ccccc1)[C@H](C)OC(=O)[C@H](C)CC(=O)c1nccc(OC)c1OCOC(C)=O. The van der Waals surface area contributed by atoms with Crippen molar-refractivity contribution >= 4 is 17.7 Å². The number of halogens is 1. The van der Waals surface area contributed by atoms with Crippen LogP contribution in [0.25, 0.3) is 0 Å². The third-order valence-corrected chi connectivity index (χ3v) is 7.06. The van der Waals surface area contributed by atoms with E-state index in [0.29, 0.717) is 25.2 Å². The summed E-state index contributed by atoms with van der Waals surface area (Å²) in [7, 11) is 3.00. The van der Waals surface area contributed by atoms with Crippen molar-refractivity contribution in [3.05, 3.63) is 83.9 Å². The molecule has 0 spiro atoms. The molecule has 0 N–H and O–H groups in total. The second-order valence-corrected chi connectivity index (χ2v) is 10.5. The molecule has 4 atom stereocenters. The maximum absolute atomic E-state index is 13.6. The summed E-state index contributed by atoms with van der Waals surface area (Å²) >= 11 is 0. The van der Waals surface area contributed by atoms with Crippen LogP contribution in [-0.2, 0) is 30.2 Å². The normalized spacial score (nSPS) is 13.6. The van der Waals surface area contributed by atoms with Crippen molar-refractivity contribution in [2.45, 2.75) is 52.2 Å². The molecule has 0 fully saturated rings. The van der Waals surface area contributed by atoms with Crippen LogP contribution in [0.5, 0.6) is 17.2 Å². The van der Waals surface area contributed by atoms with E-state index in [9.17, 15) is 18.8 Å². The first kappa shape index (κ1) is 35.0. The summed E-state index contributed by atoms with van der Waals surface area (Å²) in [4.78, 5) is 41.9. The average molecular weight is 626 g/mol. The minimum Gasteiger partial charge on any atom is -0.493 e. The highest BCUT2D eigenvalue weighted by atomic mass is 19.1. The highest BCUT2D eigenvalue weighted by molar-refractivity contribution is 5.99. The molecular weight excluding hydrogens is 585 g/mol. The second-order valence-electron chi connectivity index (χ2n) is 10.5. The van der Waals surface area contributed by atoms with Crippen LogP contribution in [-0.4, -0.2) is 62.5 Å². The van der Waals surface area contributed by atoms with Crippen molar-refractivity contribution in [3.63, 3.8) is 0 Å². The smallest absolute Gasteiger partial charge is 0.309 e. The summed E-state index contributed by atoms with van der Waals surface area (Å²) in [5.41, 5.74) is 0.826. The summed E-state index contributed by atoms with van der Waals surface area (Å²) in [5.74, 6) is -2.19. The number of rotatable bonds is 18. The molecule has 45 heavy (non-hydrogen) atoms. The molecule has 0 saturated carbocycles. The van der Waals surface area contributed by atoms with E-state index in [4.69, 9.17) is 28.4 Å². The van der Waals surface area contributed by atoms with Crippen molar-refractivity contribution < 1.29 is 47.2 Å². The first-order valence-electron chi connectivity index (χ1n) is 14.6. The first-order valence-corrected chi connectivity index (χ1v) is 14.6. The maximum atomic E-state index is 13.6. The van der Waals surface area contributed by atoms with E-state index in [1.54, 1.807) is 33.1 Å². The van der Waals surface area contributed by atoms with Gasteiger partial charge in [-0.05, 0) is 49.6 Å². The number of methoxy groups -OCH3 is 2. The van der Waals surface area contributed by atoms with E-state index in [0.717, 1.165) is 5.56 Å². The van der Waals surface area contributed by atoms with Crippen LogP contribution in [0, 0.1) is 17.7 Å². The summed E-state index contributed by atoms with van der Waals surface area (Å²) in [5, 5.41) is 0. The number of hydrogen-bond donors (Lipinski definition) is 0. The van der Waals surface area contributed by atoms with E-state index in [1.807, 2.05) is 30.3 Å². The molecule has 3 rings (SSSR count). The molecule has 11 heteroatoms. The highest BCUT2D eigenvalue weighted by Crippen LogP contribution is 2.31. The molecule has 0 amide bonds. The van der Waals surface area contributed by atoms with Crippen molar-refractivity contribution in [2.75, 3.05) is 27.6 Å². The number of hydrogen-bond acceptors (Lipinski definition) is 10. The quantitative estimate of drug-likeness (QED) is 0.100. The molecule has 3 aromatic rings. The molecule has 0 saturated heterocycles. The van der Waals surface area contributed by atoms with Gasteiger partial charge in [0.05, 0.1) is 13.0 Å². The standard InChI is InChI=1S/C34H40FNO9/c1-22(19-29(38)31-33(43-21-42-24(3)37)30(41-5)15-17-36-31)34(39)44-23(2)32(45-28-9-7-6-8-10-28)26(16-18-40-4)20-25-11-13-27(35)14-12-25/h6-15,17,22-23,26,32H,16,18-21H2,1-5H3/t22-,23+,26-,32+/m1/s1. The molecule has 0 aliphatic heterocycles. The zero-order chi connectivity index (χ0) is 32.8. The number of ether oxygens (including phenoxy) is 6. The minimum atomic E-state index is -0.846. The Balaban J connectivity index is 1.78. The van der Waals surface area contributed by atoms with Gasteiger partial charge in [-0.2, -0.15) is 0 Å². The van der Waals surface area contributed by atoms with E-state index in [2.05, 4.69) is 4.98 Å². The summed E-state index contributed by atoms with van der Waals surface area (Å²) < 4.78 is 46.9. The Morgan fingerprint density at radius 1 is 0.956 bits per heavy atom. The van der Waals surface area contributed by atoms with Crippen LogP contribution in [0.15, 0.2) is 66.9 Å². The predicted molar refractivity (Wildman–Crippen MR) is 163 cm³/mol. The Hall–Kier alpha value is -4.51. The zero-order valence-corrected chi connectivity index (χ0v) is 26.2. The van der Waals surface area contributed by atoms with Gasteiger partial charge < -0.3 is 28.4 Å². The van der Waals surface area contributed by atoms with E-state index in [-0.39, 0.29) is 35.3 Å². The van der Waals surface area contributed by atoms with Crippen LogP contribution in [0.4, 0.5) is 4.39 Å². The number of carbonyl (C=O) groups is 3. The lowest BCUT2D eigenvalue weighted by molar-refractivity contribution is -0.159. The molecule has 0 aliphatic carbocycles. The number of nitrogens with zero attached hydrogens (tertiary/aromatic N) is 1. The Morgan fingerprint density at radius 3 is 2.31 bits per heavy atom. The van der Waals surface area contributed by atoms with Crippen LogP contribution < -0.4 is 14.2 Å². The topological polar surface area (TPSA) is 119 Å². The maximum Gasteiger partial charge on any atom is 0.309 e. The van der Waals surface area contributed by atoms with E-state index in [1.165, 1.54) is 38.4 Å². The largest absolute Gasteiger partial charge is 0.493 e. The molecule has 242 valence electrons. The van der Waals surface area contributed by atoms with Gasteiger partial charge in [0.1, 0.15) is 23.8 Å². The van der Waals surface area contributed by atoms with Gasteiger partial charge in [0.25, 0.3) is 0 Å². The number of Topliss-reactive ketones (excluding diaryl/α,β-unsaturated/α-hetero) is 1. The molecule has 2 aromatic carbocycles. The molecular formula is C34H40FNO9. The van der Waals surface area contributed by atoms with Gasteiger partial charge in [-0.15, -0.1) is 0 Å². The predicted octanol–water partition coefficient (Wildman–Crippen LogP) is 5.61. The Labute approximate surface area is 262 Å². The van der Waals surface area contributed by atoms with Crippen molar-refractivity contribution in [2.24, 2.45) is 11.8 Å². The van der Waals surface area contributed by atoms with Crippen molar-refractivity contribution in [1.29, 1.82) is 0 Å². The van der Waals surface area contributed by atoms with Crippen molar-refractivity contribution in [3.8, 4) is 17.2 Å². The number of carbonyl (C=O) groups excluding carboxylic acids is 3. The number of esters is 2. The van der Waals surface area contributed by atoms with Gasteiger partial charge in [0.2, 0.25) is 6.79 Å². The fourth-order valence-corrected chi connectivity index (χ4v) is 4.73. The number of aromatic nitrogens is 1. The lowest BCUT2D eigenvalue weighted by Crippen LogP contribution is -2.42. The van der Waals surface area contributed by atoms with Gasteiger partial charge in [-0.1, -0.05) is 37.3 Å². The lowest BCUT2D eigenvalue weighted by atomic mass is 9.88. The van der Waals surface area contributed by atoms with Gasteiger partial charge >= 0.3 is 11.9 Å².